The van der Waals surface area contributed by atoms with Gasteiger partial charge >= 0.3 is 0 Å². The number of rotatable bonds is 4. The van der Waals surface area contributed by atoms with Gasteiger partial charge in [0, 0.05) is 17.7 Å². The van der Waals surface area contributed by atoms with Crippen molar-refractivity contribution in [1.29, 1.82) is 0 Å². The molecule has 0 spiro atoms. The second-order valence-electron chi connectivity index (χ2n) is 5.65. The van der Waals surface area contributed by atoms with Crippen LogP contribution in [0.5, 0.6) is 5.75 Å². The van der Waals surface area contributed by atoms with Crippen molar-refractivity contribution in [2.24, 2.45) is 11.7 Å². The molecule has 0 radical (unpaired) electrons. The van der Waals surface area contributed by atoms with Gasteiger partial charge in [-0.2, -0.15) is 0 Å². The van der Waals surface area contributed by atoms with Crippen LogP contribution in [-0.4, -0.2) is 6.10 Å². The normalized spacial score (nSPS) is 25.1. The maximum Gasteiger partial charge on any atom is 0.127 e. The molecule has 0 bridgehead atoms. The summed E-state index contributed by atoms with van der Waals surface area (Å²) in [5.41, 5.74) is 6.81. The van der Waals surface area contributed by atoms with E-state index in [2.05, 4.69) is 6.92 Å². The fourth-order valence-corrected chi connectivity index (χ4v) is 2.89. The summed E-state index contributed by atoms with van der Waals surface area (Å²) in [5, 5.41) is 0. The Bertz CT molecular complexity index is 419. The van der Waals surface area contributed by atoms with E-state index < -0.39 is 0 Å². The lowest BCUT2D eigenvalue weighted by atomic mass is 9.85. The van der Waals surface area contributed by atoms with Crippen molar-refractivity contribution in [1.82, 2.24) is 0 Å². The molecule has 2 rings (SSSR count). The molecule has 1 saturated carbocycles. The molecular formula is C16H24FNO. The second-order valence-corrected chi connectivity index (χ2v) is 5.65. The van der Waals surface area contributed by atoms with E-state index in [4.69, 9.17) is 10.5 Å². The zero-order valence-electron chi connectivity index (χ0n) is 11.9. The highest BCUT2D eigenvalue weighted by atomic mass is 19.1. The Labute approximate surface area is 115 Å². The largest absolute Gasteiger partial charge is 0.490 e. The van der Waals surface area contributed by atoms with Crippen LogP contribution in [0, 0.1) is 11.7 Å². The Morgan fingerprint density at radius 3 is 2.89 bits per heavy atom. The molecule has 0 aliphatic heterocycles. The van der Waals surface area contributed by atoms with Gasteiger partial charge in [-0.3, -0.25) is 0 Å². The van der Waals surface area contributed by atoms with Crippen molar-refractivity contribution < 1.29 is 9.13 Å². The summed E-state index contributed by atoms with van der Waals surface area (Å²) in [6.45, 7) is 4.12. The Morgan fingerprint density at radius 2 is 2.21 bits per heavy atom. The van der Waals surface area contributed by atoms with Gasteiger partial charge in [0.1, 0.15) is 11.6 Å². The van der Waals surface area contributed by atoms with E-state index in [1.165, 1.54) is 31.4 Å². The van der Waals surface area contributed by atoms with Gasteiger partial charge in [-0.25, -0.2) is 4.39 Å². The van der Waals surface area contributed by atoms with Crippen LogP contribution >= 0.6 is 0 Å². The van der Waals surface area contributed by atoms with Gasteiger partial charge in [-0.1, -0.05) is 25.8 Å². The lowest BCUT2D eigenvalue weighted by Crippen LogP contribution is -2.26. The highest BCUT2D eigenvalue weighted by molar-refractivity contribution is 5.36. The van der Waals surface area contributed by atoms with Crippen molar-refractivity contribution in [3.8, 4) is 5.75 Å². The van der Waals surface area contributed by atoms with Crippen LogP contribution in [0.1, 0.15) is 57.6 Å². The summed E-state index contributed by atoms with van der Waals surface area (Å²) in [5.74, 6) is 1.10. The fraction of sp³-hybridized carbons (Fsp3) is 0.625. The zero-order valence-corrected chi connectivity index (χ0v) is 11.9. The first kappa shape index (κ1) is 14.3. The Morgan fingerprint density at radius 1 is 1.42 bits per heavy atom. The molecule has 1 aromatic carbocycles. The number of halogens is 1. The standard InChI is InChI=1S/C16H24FNO/c1-3-12-5-4-6-14(9-12)19-16-10-13(17)7-8-15(16)11(2)18/h7-8,10-12,14H,3-6,9,18H2,1-2H3/t11-,12?,14?/m1/s1. The van der Waals surface area contributed by atoms with Crippen LogP contribution < -0.4 is 10.5 Å². The molecule has 0 aromatic heterocycles. The van der Waals surface area contributed by atoms with Crippen molar-refractivity contribution >= 4 is 0 Å². The monoisotopic (exact) mass is 265 g/mol. The van der Waals surface area contributed by atoms with Crippen molar-refractivity contribution in [2.75, 3.05) is 0 Å². The van der Waals surface area contributed by atoms with Crippen LogP contribution in [0.3, 0.4) is 0 Å². The molecule has 1 fully saturated rings. The first-order valence-electron chi connectivity index (χ1n) is 7.31. The summed E-state index contributed by atoms with van der Waals surface area (Å²) in [7, 11) is 0. The minimum atomic E-state index is -0.262. The minimum absolute atomic E-state index is 0.138. The number of hydrogen-bond donors (Lipinski definition) is 1. The van der Waals surface area contributed by atoms with E-state index in [1.54, 1.807) is 6.07 Å². The van der Waals surface area contributed by atoms with E-state index in [9.17, 15) is 4.39 Å². The first-order valence-corrected chi connectivity index (χ1v) is 7.31. The molecule has 1 aliphatic rings. The molecule has 2 nitrogen and oxygen atoms in total. The Balaban J connectivity index is 2.11. The molecule has 0 saturated heterocycles. The predicted octanol–water partition coefficient (Wildman–Crippen LogP) is 4.19. The quantitative estimate of drug-likeness (QED) is 0.885. The van der Waals surface area contributed by atoms with Crippen molar-refractivity contribution in [2.45, 2.75) is 58.1 Å². The average molecular weight is 265 g/mol. The summed E-state index contributed by atoms with van der Waals surface area (Å²) >= 11 is 0. The SMILES string of the molecule is CCC1CCCC(Oc2cc(F)ccc2[C@@H](C)N)C1. The van der Waals surface area contributed by atoms with E-state index in [1.807, 2.05) is 6.92 Å². The molecule has 106 valence electrons. The lowest BCUT2D eigenvalue weighted by Gasteiger charge is -2.30. The smallest absolute Gasteiger partial charge is 0.127 e. The third-order valence-corrected chi connectivity index (χ3v) is 4.07. The van der Waals surface area contributed by atoms with Crippen LogP contribution in [0.15, 0.2) is 18.2 Å². The first-order chi connectivity index (χ1) is 9.10. The second kappa shape index (κ2) is 6.38. The van der Waals surface area contributed by atoms with Crippen LogP contribution in [0.2, 0.25) is 0 Å². The summed E-state index contributed by atoms with van der Waals surface area (Å²) < 4.78 is 19.4. The number of nitrogens with two attached hydrogens (primary N) is 1. The number of benzene rings is 1. The molecule has 2 unspecified atom stereocenters. The molecule has 1 aromatic rings. The van der Waals surface area contributed by atoms with Gasteiger partial charge < -0.3 is 10.5 Å². The van der Waals surface area contributed by atoms with E-state index >= 15 is 0 Å². The molecule has 1 aliphatic carbocycles. The van der Waals surface area contributed by atoms with E-state index in [0.29, 0.717) is 5.75 Å². The summed E-state index contributed by atoms with van der Waals surface area (Å²) in [6, 6.07) is 4.51. The number of hydrogen-bond acceptors (Lipinski definition) is 2. The van der Waals surface area contributed by atoms with Crippen LogP contribution in [0.4, 0.5) is 4.39 Å². The Hall–Kier alpha value is -1.09. The topological polar surface area (TPSA) is 35.2 Å². The third-order valence-electron chi connectivity index (χ3n) is 4.07. The lowest BCUT2D eigenvalue weighted by molar-refractivity contribution is 0.120. The fourth-order valence-electron chi connectivity index (χ4n) is 2.89. The van der Waals surface area contributed by atoms with Crippen LogP contribution in [0.25, 0.3) is 0 Å². The maximum atomic E-state index is 13.4. The molecule has 0 heterocycles. The predicted molar refractivity (Wildman–Crippen MR) is 75.7 cm³/mol. The van der Waals surface area contributed by atoms with E-state index in [-0.39, 0.29) is 18.0 Å². The van der Waals surface area contributed by atoms with Gasteiger partial charge in [-0.15, -0.1) is 0 Å². The van der Waals surface area contributed by atoms with Gasteiger partial charge in [0.05, 0.1) is 6.10 Å². The van der Waals surface area contributed by atoms with Gasteiger partial charge in [0.15, 0.2) is 0 Å². The van der Waals surface area contributed by atoms with Crippen molar-refractivity contribution in [3.05, 3.63) is 29.6 Å². The molecule has 0 amide bonds. The van der Waals surface area contributed by atoms with Gasteiger partial charge in [0.2, 0.25) is 0 Å². The summed E-state index contributed by atoms with van der Waals surface area (Å²) in [6.07, 6.45) is 6.03. The molecule has 19 heavy (non-hydrogen) atoms. The number of ether oxygens (including phenoxy) is 1. The average Bonchev–Trinajstić information content (AvgIpc) is 2.38. The van der Waals surface area contributed by atoms with E-state index in [0.717, 1.165) is 24.3 Å². The summed E-state index contributed by atoms with van der Waals surface area (Å²) in [4.78, 5) is 0. The minimum Gasteiger partial charge on any atom is -0.490 e. The van der Waals surface area contributed by atoms with Crippen LogP contribution in [-0.2, 0) is 0 Å². The highest BCUT2D eigenvalue weighted by Crippen LogP contribution is 2.32. The molecular weight excluding hydrogens is 241 g/mol. The molecule has 2 N–H and O–H groups in total. The third kappa shape index (κ3) is 3.69. The Kier molecular flexibility index (Phi) is 4.81. The van der Waals surface area contributed by atoms with Gasteiger partial charge in [0.25, 0.3) is 0 Å². The van der Waals surface area contributed by atoms with Gasteiger partial charge in [-0.05, 0) is 38.2 Å². The maximum absolute atomic E-state index is 13.4. The zero-order chi connectivity index (χ0) is 13.8. The highest BCUT2D eigenvalue weighted by Gasteiger charge is 2.23. The van der Waals surface area contributed by atoms with Crippen molar-refractivity contribution in [3.63, 3.8) is 0 Å². The molecule has 3 atom stereocenters. The molecule has 3 heteroatoms.